The number of carbonyl (C=O) groups is 1. The molecule has 0 saturated carbocycles. The maximum Gasteiger partial charge on any atom is 0.255 e. The highest BCUT2D eigenvalue weighted by molar-refractivity contribution is 9.10. The van der Waals surface area contributed by atoms with Gasteiger partial charge in [-0.15, -0.1) is 0 Å². The Bertz CT molecular complexity index is 756. The summed E-state index contributed by atoms with van der Waals surface area (Å²) in [4.78, 5) is 12.1. The van der Waals surface area contributed by atoms with Crippen molar-refractivity contribution in [1.82, 2.24) is 0 Å². The van der Waals surface area contributed by atoms with Crippen molar-refractivity contribution in [3.05, 3.63) is 58.6 Å². The lowest BCUT2D eigenvalue weighted by atomic mass is 10.2. The van der Waals surface area contributed by atoms with Gasteiger partial charge in [-0.3, -0.25) is 9.52 Å². The van der Waals surface area contributed by atoms with Gasteiger partial charge in [0.05, 0.1) is 5.75 Å². The predicted octanol–water partition coefficient (Wildman–Crippen LogP) is 3.46. The molecular weight excluding hydrogens is 368 g/mol. The van der Waals surface area contributed by atoms with Gasteiger partial charge >= 0.3 is 0 Å². The van der Waals surface area contributed by atoms with Crippen molar-refractivity contribution in [2.75, 3.05) is 15.8 Å². The van der Waals surface area contributed by atoms with Crippen molar-refractivity contribution in [3.8, 4) is 0 Å². The fourth-order valence-electron chi connectivity index (χ4n) is 1.68. The zero-order valence-corrected chi connectivity index (χ0v) is 14.2. The molecule has 1 amide bonds. The van der Waals surface area contributed by atoms with Crippen LogP contribution in [-0.4, -0.2) is 20.1 Å². The van der Waals surface area contributed by atoms with Crippen molar-refractivity contribution in [3.63, 3.8) is 0 Å². The van der Waals surface area contributed by atoms with E-state index in [0.29, 0.717) is 16.9 Å². The van der Waals surface area contributed by atoms with Gasteiger partial charge in [-0.2, -0.15) is 0 Å². The van der Waals surface area contributed by atoms with Gasteiger partial charge in [-0.25, -0.2) is 8.42 Å². The van der Waals surface area contributed by atoms with E-state index in [2.05, 4.69) is 26.0 Å². The molecule has 0 bridgehead atoms. The quantitative estimate of drug-likeness (QED) is 0.830. The second-order valence-corrected chi connectivity index (χ2v) is 7.47. The molecule has 0 spiro atoms. The molecule has 2 aromatic carbocycles. The first-order valence-corrected chi connectivity index (χ1v) is 9.01. The third kappa shape index (κ3) is 4.57. The minimum absolute atomic E-state index is 0.00119. The van der Waals surface area contributed by atoms with Crippen LogP contribution >= 0.6 is 15.9 Å². The van der Waals surface area contributed by atoms with E-state index in [-0.39, 0.29) is 11.7 Å². The molecule has 0 aliphatic heterocycles. The smallest absolute Gasteiger partial charge is 0.255 e. The van der Waals surface area contributed by atoms with E-state index >= 15 is 0 Å². The van der Waals surface area contributed by atoms with E-state index in [1.807, 2.05) is 12.1 Å². The highest BCUT2D eigenvalue weighted by atomic mass is 79.9. The van der Waals surface area contributed by atoms with Gasteiger partial charge in [0.1, 0.15) is 0 Å². The molecule has 116 valence electrons. The summed E-state index contributed by atoms with van der Waals surface area (Å²) in [5.74, 6) is -0.258. The first-order chi connectivity index (χ1) is 10.4. The van der Waals surface area contributed by atoms with Crippen LogP contribution in [0.3, 0.4) is 0 Å². The predicted molar refractivity (Wildman–Crippen MR) is 91.6 cm³/mol. The Hall–Kier alpha value is -1.86. The summed E-state index contributed by atoms with van der Waals surface area (Å²) in [6.07, 6.45) is 0. The zero-order chi connectivity index (χ0) is 16.2. The van der Waals surface area contributed by atoms with Gasteiger partial charge in [-0.1, -0.05) is 15.9 Å². The lowest BCUT2D eigenvalue weighted by molar-refractivity contribution is 0.102. The third-order valence-corrected chi connectivity index (χ3v) is 4.74. The topological polar surface area (TPSA) is 75.3 Å². The number of benzene rings is 2. The minimum Gasteiger partial charge on any atom is -0.322 e. The van der Waals surface area contributed by atoms with Crippen molar-refractivity contribution in [1.29, 1.82) is 0 Å². The van der Waals surface area contributed by atoms with Gasteiger partial charge in [0, 0.05) is 21.4 Å². The van der Waals surface area contributed by atoms with Crippen molar-refractivity contribution < 1.29 is 13.2 Å². The van der Waals surface area contributed by atoms with Crippen LogP contribution in [0.1, 0.15) is 17.3 Å². The minimum atomic E-state index is -3.31. The summed E-state index contributed by atoms with van der Waals surface area (Å²) >= 11 is 3.33. The van der Waals surface area contributed by atoms with Crippen LogP contribution in [0.15, 0.2) is 53.0 Å². The fraction of sp³-hybridized carbons (Fsp3) is 0.133. The summed E-state index contributed by atoms with van der Waals surface area (Å²) in [5, 5.41) is 2.77. The fourth-order valence-corrected chi connectivity index (χ4v) is 2.58. The van der Waals surface area contributed by atoms with Crippen LogP contribution < -0.4 is 10.0 Å². The Morgan fingerprint density at radius 1 is 1.00 bits per heavy atom. The van der Waals surface area contributed by atoms with E-state index in [4.69, 9.17) is 0 Å². The average Bonchev–Trinajstić information content (AvgIpc) is 2.50. The average molecular weight is 383 g/mol. The monoisotopic (exact) mass is 382 g/mol. The first kappa shape index (κ1) is 16.5. The largest absolute Gasteiger partial charge is 0.322 e. The zero-order valence-electron chi connectivity index (χ0n) is 11.8. The van der Waals surface area contributed by atoms with E-state index in [1.54, 1.807) is 43.3 Å². The second-order valence-electron chi connectivity index (χ2n) is 4.54. The van der Waals surface area contributed by atoms with Gasteiger partial charge < -0.3 is 5.32 Å². The number of nitrogens with one attached hydrogen (secondary N) is 2. The summed E-state index contributed by atoms with van der Waals surface area (Å²) < 4.78 is 26.3. The summed E-state index contributed by atoms with van der Waals surface area (Å²) in [5.41, 5.74) is 1.56. The molecule has 5 nitrogen and oxygen atoms in total. The third-order valence-electron chi connectivity index (χ3n) is 2.90. The lowest BCUT2D eigenvalue weighted by Gasteiger charge is -2.08. The molecule has 7 heteroatoms. The molecule has 0 aliphatic rings. The van der Waals surface area contributed by atoms with E-state index in [1.165, 1.54) is 0 Å². The SMILES string of the molecule is CCS(=O)(=O)Nc1ccc(C(=O)Nc2ccc(Br)cc2)cc1. The Labute approximate surface area is 137 Å². The molecule has 0 heterocycles. The normalized spacial score (nSPS) is 11.0. The molecular formula is C15H15BrN2O3S. The number of hydrogen-bond donors (Lipinski definition) is 2. The van der Waals surface area contributed by atoms with E-state index < -0.39 is 10.0 Å². The summed E-state index contributed by atoms with van der Waals surface area (Å²) in [6.45, 7) is 1.56. The number of sulfonamides is 1. The van der Waals surface area contributed by atoms with Crippen LogP contribution in [0.25, 0.3) is 0 Å². The Kier molecular flexibility index (Phi) is 5.20. The molecule has 22 heavy (non-hydrogen) atoms. The highest BCUT2D eigenvalue weighted by Gasteiger charge is 2.09. The molecule has 2 rings (SSSR count). The van der Waals surface area contributed by atoms with E-state index in [9.17, 15) is 13.2 Å². The number of anilines is 2. The molecule has 0 aliphatic carbocycles. The number of carbonyl (C=O) groups excluding carboxylic acids is 1. The summed E-state index contributed by atoms with van der Waals surface area (Å²) in [6, 6.07) is 13.5. The van der Waals surface area contributed by atoms with Crippen molar-refractivity contribution in [2.45, 2.75) is 6.92 Å². The second kappa shape index (κ2) is 6.93. The van der Waals surface area contributed by atoms with E-state index in [0.717, 1.165) is 4.47 Å². The van der Waals surface area contributed by atoms with Crippen LogP contribution in [0.2, 0.25) is 0 Å². The molecule has 0 atom stereocenters. The molecule has 2 aromatic rings. The molecule has 2 N–H and O–H groups in total. The van der Waals surface area contributed by atoms with Gasteiger partial charge in [0.2, 0.25) is 10.0 Å². The number of hydrogen-bond acceptors (Lipinski definition) is 3. The first-order valence-electron chi connectivity index (χ1n) is 6.57. The van der Waals surface area contributed by atoms with Gasteiger partial charge in [0.25, 0.3) is 5.91 Å². The summed E-state index contributed by atoms with van der Waals surface area (Å²) in [7, 11) is -3.31. The number of amides is 1. The number of rotatable bonds is 5. The Morgan fingerprint density at radius 3 is 2.09 bits per heavy atom. The van der Waals surface area contributed by atoms with Crippen LogP contribution in [-0.2, 0) is 10.0 Å². The molecule has 0 fully saturated rings. The van der Waals surface area contributed by atoms with Crippen LogP contribution in [0, 0.1) is 0 Å². The highest BCUT2D eigenvalue weighted by Crippen LogP contribution is 2.16. The Balaban J connectivity index is 2.06. The molecule has 0 saturated heterocycles. The van der Waals surface area contributed by atoms with Crippen LogP contribution in [0.5, 0.6) is 0 Å². The lowest BCUT2D eigenvalue weighted by Crippen LogP contribution is -2.15. The van der Waals surface area contributed by atoms with Crippen LogP contribution in [0.4, 0.5) is 11.4 Å². The Morgan fingerprint density at radius 2 is 1.55 bits per heavy atom. The number of halogens is 1. The van der Waals surface area contributed by atoms with Crippen molar-refractivity contribution >= 4 is 43.2 Å². The standard InChI is InChI=1S/C15H15BrN2O3S/c1-2-22(20,21)18-14-7-3-11(4-8-14)15(19)17-13-9-5-12(16)6-10-13/h3-10,18H,2H2,1H3,(H,17,19). The molecule has 0 radical (unpaired) electrons. The van der Waals surface area contributed by atoms with Crippen molar-refractivity contribution in [2.24, 2.45) is 0 Å². The molecule has 0 unspecified atom stereocenters. The van der Waals surface area contributed by atoms with Gasteiger partial charge in [-0.05, 0) is 55.5 Å². The van der Waals surface area contributed by atoms with Gasteiger partial charge in [0.15, 0.2) is 0 Å². The molecule has 0 aromatic heterocycles. The maximum atomic E-state index is 12.1. The maximum absolute atomic E-state index is 12.1.